The second kappa shape index (κ2) is 8.55. The molecule has 2 fully saturated rings. The Morgan fingerprint density at radius 3 is 2.04 bits per heavy atom. The number of rotatable bonds is 4. The third-order valence-corrected chi connectivity index (χ3v) is 4.35. The fraction of sp³-hybridized carbons (Fsp3) is 0.688. The Kier molecular flexibility index (Phi) is 6.43. The molecule has 4 amide bonds. The standard InChI is InChI=1S/C16H26N4O3/c1-2-14(21)17-7-6-15(22)18-10-12-20(13-11-18)16(23)19-8-4-3-5-9-19/h2H,1,3-13H2,(H,17,21). The highest BCUT2D eigenvalue weighted by Crippen LogP contribution is 2.13. The van der Waals surface area contributed by atoms with Gasteiger partial charge in [-0.2, -0.15) is 0 Å². The van der Waals surface area contributed by atoms with Gasteiger partial charge in [0.15, 0.2) is 0 Å². The van der Waals surface area contributed by atoms with E-state index in [1.807, 2.05) is 9.80 Å². The number of piperazine rings is 1. The van der Waals surface area contributed by atoms with Crippen molar-refractivity contribution >= 4 is 17.8 Å². The Morgan fingerprint density at radius 2 is 1.43 bits per heavy atom. The third kappa shape index (κ3) is 4.97. The number of hydrogen-bond donors (Lipinski definition) is 1. The van der Waals surface area contributed by atoms with Crippen LogP contribution in [-0.2, 0) is 9.59 Å². The highest BCUT2D eigenvalue weighted by molar-refractivity contribution is 5.87. The lowest BCUT2D eigenvalue weighted by Gasteiger charge is -2.38. The summed E-state index contributed by atoms with van der Waals surface area (Å²) in [6, 6.07) is 0.107. The van der Waals surface area contributed by atoms with Crippen LogP contribution in [0.25, 0.3) is 0 Å². The van der Waals surface area contributed by atoms with Crippen molar-refractivity contribution in [3.05, 3.63) is 12.7 Å². The average molecular weight is 322 g/mol. The highest BCUT2D eigenvalue weighted by atomic mass is 16.2. The number of nitrogens with one attached hydrogen (secondary N) is 1. The summed E-state index contributed by atoms with van der Waals surface area (Å²) in [6.45, 7) is 7.67. The summed E-state index contributed by atoms with van der Waals surface area (Å²) >= 11 is 0. The number of likely N-dealkylation sites (tertiary alicyclic amines) is 1. The number of carbonyl (C=O) groups is 3. The van der Waals surface area contributed by atoms with Crippen molar-refractivity contribution in [3.8, 4) is 0 Å². The van der Waals surface area contributed by atoms with Gasteiger partial charge in [-0.15, -0.1) is 0 Å². The smallest absolute Gasteiger partial charge is 0.320 e. The maximum absolute atomic E-state index is 12.4. The normalized spacial score (nSPS) is 18.5. The zero-order valence-corrected chi connectivity index (χ0v) is 13.6. The van der Waals surface area contributed by atoms with E-state index in [0.717, 1.165) is 25.9 Å². The lowest BCUT2D eigenvalue weighted by atomic mass is 10.1. The van der Waals surface area contributed by atoms with Crippen LogP contribution in [0, 0.1) is 0 Å². The van der Waals surface area contributed by atoms with Crippen LogP contribution in [0.4, 0.5) is 4.79 Å². The van der Waals surface area contributed by atoms with E-state index in [-0.39, 0.29) is 24.3 Å². The van der Waals surface area contributed by atoms with Gasteiger partial charge in [0.25, 0.3) is 0 Å². The SMILES string of the molecule is C=CC(=O)NCCC(=O)N1CCN(C(=O)N2CCCCC2)CC1. The van der Waals surface area contributed by atoms with Crippen LogP contribution in [0.1, 0.15) is 25.7 Å². The van der Waals surface area contributed by atoms with Gasteiger partial charge >= 0.3 is 6.03 Å². The molecule has 1 N–H and O–H groups in total. The van der Waals surface area contributed by atoms with Crippen LogP contribution in [0.2, 0.25) is 0 Å². The fourth-order valence-electron chi connectivity index (χ4n) is 2.96. The van der Waals surface area contributed by atoms with Gasteiger partial charge in [-0.3, -0.25) is 9.59 Å². The molecule has 0 spiro atoms. The molecule has 2 aliphatic heterocycles. The Labute approximate surface area is 137 Å². The topological polar surface area (TPSA) is 73.0 Å². The molecule has 0 aromatic rings. The largest absolute Gasteiger partial charge is 0.352 e. The van der Waals surface area contributed by atoms with Gasteiger partial charge < -0.3 is 20.0 Å². The monoisotopic (exact) mass is 322 g/mol. The lowest BCUT2D eigenvalue weighted by molar-refractivity contribution is -0.132. The first kappa shape index (κ1) is 17.3. The first-order valence-corrected chi connectivity index (χ1v) is 8.33. The molecule has 0 aliphatic carbocycles. The van der Waals surface area contributed by atoms with Gasteiger partial charge in [0, 0.05) is 52.2 Å². The van der Waals surface area contributed by atoms with E-state index in [0.29, 0.717) is 32.7 Å². The van der Waals surface area contributed by atoms with Gasteiger partial charge in [-0.25, -0.2) is 4.79 Å². The summed E-state index contributed by atoms with van der Waals surface area (Å²) < 4.78 is 0. The van der Waals surface area contributed by atoms with Crippen molar-refractivity contribution in [2.75, 3.05) is 45.8 Å². The molecule has 7 heteroatoms. The van der Waals surface area contributed by atoms with Gasteiger partial charge in [-0.05, 0) is 25.3 Å². The third-order valence-electron chi connectivity index (χ3n) is 4.35. The van der Waals surface area contributed by atoms with E-state index in [1.165, 1.54) is 12.5 Å². The molecule has 128 valence electrons. The van der Waals surface area contributed by atoms with Gasteiger partial charge in [0.1, 0.15) is 0 Å². The zero-order valence-electron chi connectivity index (χ0n) is 13.6. The minimum absolute atomic E-state index is 0.0134. The van der Waals surface area contributed by atoms with E-state index in [1.54, 1.807) is 4.90 Å². The van der Waals surface area contributed by atoms with Crippen LogP contribution in [0.3, 0.4) is 0 Å². The van der Waals surface area contributed by atoms with E-state index in [2.05, 4.69) is 11.9 Å². The number of nitrogens with zero attached hydrogens (tertiary/aromatic N) is 3. The number of amides is 4. The Hall–Kier alpha value is -2.05. The summed E-state index contributed by atoms with van der Waals surface area (Å²) in [7, 11) is 0. The molecule has 2 rings (SSSR count). The predicted octanol–water partition coefficient (Wildman–Crippen LogP) is 0.429. The predicted molar refractivity (Wildman–Crippen MR) is 86.8 cm³/mol. The maximum Gasteiger partial charge on any atom is 0.320 e. The summed E-state index contributed by atoms with van der Waals surface area (Å²) in [5.41, 5.74) is 0. The maximum atomic E-state index is 12.4. The first-order chi connectivity index (χ1) is 11.1. The van der Waals surface area contributed by atoms with Gasteiger partial charge in [0.05, 0.1) is 0 Å². The zero-order chi connectivity index (χ0) is 16.7. The Morgan fingerprint density at radius 1 is 0.870 bits per heavy atom. The molecule has 0 saturated carbocycles. The quantitative estimate of drug-likeness (QED) is 0.763. The fourth-order valence-corrected chi connectivity index (χ4v) is 2.96. The lowest BCUT2D eigenvalue weighted by Crippen LogP contribution is -2.54. The highest BCUT2D eigenvalue weighted by Gasteiger charge is 2.27. The van der Waals surface area contributed by atoms with Crippen LogP contribution in [0.15, 0.2) is 12.7 Å². The minimum Gasteiger partial charge on any atom is -0.352 e. The number of piperidine rings is 1. The van der Waals surface area contributed by atoms with Crippen molar-refractivity contribution in [2.24, 2.45) is 0 Å². The van der Waals surface area contributed by atoms with E-state index < -0.39 is 0 Å². The molecule has 7 nitrogen and oxygen atoms in total. The van der Waals surface area contributed by atoms with E-state index in [4.69, 9.17) is 0 Å². The van der Waals surface area contributed by atoms with E-state index in [9.17, 15) is 14.4 Å². The van der Waals surface area contributed by atoms with Crippen LogP contribution in [0.5, 0.6) is 0 Å². The molecule has 0 aromatic heterocycles. The van der Waals surface area contributed by atoms with Crippen LogP contribution < -0.4 is 5.32 Å². The number of hydrogen-bond acceptors (Lipinski definition) is 3. The molecule has 23 heavy (non-hydrogen) atoms. The van der Waals surface area contributed by atoms with Crippen molar-refractivity contribution < 1.29 is 14.4 Å². The molecular weight excluding hydrogens is 296 g/mol. The molecule has 2 aliphatic rings. The summed E-state index contributed by atoms with van der Waals surface area (Å²) in [4.78, 5) is 41.0. The van der Waals surface area contributed by atoms with Crippen molar-refractivity contribution in [2.45, 2.75) is 25.7 Å². The molecule has 2 saturated heterocycles. The number of urea groups is 1. The van der Waals surface area contributed by atoms with Crippen LogP contribution in [-0.4, -0.2) is 78.4 Å². The first-order valence-electron chi connectivity index (χ1n) is 8.33. The van der Waals surface area contributed by atoms with Crippen molar-refractivity contribution in [1.82, 2.24) is 20.0 Å². The Bertz CT molecular complexity index is 452. The van der Waals surface area contributed by atoms with Gasteiger partial charge in [0.2, 0.25) is 11.8 Å². The summed E-state index contributed by atoms with van der Waals surface area (Å²) in [5, 5.41) is 2.60. The van der Waals surface area contributed by atoms with E-state index >= 15 is 0 Å². The Balaban J connectivity index is 1.70. The molecule has 0 bridgehead atoms. The summed E-state index contributed by atoms with van der Waals surface area (Å²) in [6.07, 6.45) is 4.84. The molecular formula is C16H26N4O3. The van der Waals surface area contributed by atoms with Crippen molar-refractivity contribution in [1.29, 1.82) is 0 Å². The molecule has 0 radical (unpaired) electrons. The van der Waals surface area contributed by atoms with Gasteiger partial charge in [-0.1, -0.05) is 6.58 Å². The molecule has 0 aromatic carbocycles. The number of carbonyl (C=O) groups excluding carboxylic acids is 3. The molecule has 0 atom stereocenters. The molecule has 0 unspecified atom stereocenters. The second-order valence-corrected chi connectivity index (χ2v) is 5.94. The average Bonchev–Trinajstić information content (AvgIpc) is 2.61. The van der Waals surface area contributed by atoms with Crippen LogP contribution >= 0.6 is 0 Å². The molecule has 2 heterocycles. The van der Waals surface area contributed by atoms with Crippen molar-refractivity contribution in [3.63, 3.8) is 0 Å². The minimum atomic E-state index is -0.269. The second-order valence-electron chi connectivity index (χ2n) is 5.94. The summed E-state index contributed by atoms with van der Waals surface area (Å²) in [5.74, 6) is -0.255.